The summed E-state index contributed by atoms with van der Waals surface area (Å²) in [5.74, 6) is 0. The van der Waals surface area contributed by atoms with E-state index in [1.807, 2.05) is 6.92 Å². The highest BCUT2D eigenvalue weighted by atomic mass is 32.2. The zero-order valence-corrected chi connectivity index (χ0v) is 13.6. The monoisotopic (exact) mass is 316 g/mol. The number of aryl methyl sites for hydroxylation is 2. The molecule has 0 atom stereocenters. The van der Waals surface area contributed by atoms with Gasteiger partial charge in [0.05, 0.1) is 16.4 Å². The first kappa shape index (κ1) is 15.4. The number of piperidine rings is 1. The molecule has 20 heavy (non-hydrogen) atoms. The molecule has 1 saturated heterocycles. The van der Waals surface area contributed by atoms with Crippen LogP contribution in [0.2, 0.25) is 0 Å². The molecule has 8 heteroatoms. The normalized spacial score (nSPS) is 19.9. The van der Waals surface area contributed by atoms with Crippen LogP contribution in [0.25, 0.3) is 0 Å². The number of nitrogens with zero attached hydrogens (tertiary/aromatic N) is 2. The van der Waals surface area contributed by atoms with Crippen molar-refractivity contribution >= 4 is 27.2 Å². The summed E-state index contributed by atoms with van der Waals surface area (Å²) in [6.07, 6.45) is 1.30. The molecule has 1 aromatic rings. The molecule has 0 radical (unpaired) electrons. The van der Waals surface area contributed by atoms with Gasteiger partial charge in [-0.05, 0) is 26.7 Å². The summed E-state index contributed by atoms with van der Waals surface area (Å²) in [4.78, 5) is 0.752. The highest BCUT2D eigenvalue weighted by Gasteiger charge is 2.38. The van der Waals surface area contributed by atoms with Gasteiger partial charge in [0.25, 0.3) is 0 Å². The third-order valence-corrected chi connectivity index (χ3v) is 6.73. The van der Waals surface area contributed by atoms with Gasteiger partial charge >= 0.3 is 0 Å². The van der Waals surface area contributed by atoms with E-state index in [4.69, 9.17) is 18.0 Å². The molecule has 0 aromatic carbocycles. The number of sulfonamides is 1. The summed E-state index contributed by atoms with van der Waals surface area (Å²) in [5.41, 5.74) is 6.58. The van der Waals surface area contributed by atoms with Gasteiger partial charge in [0.1, 0.15) is 4.90 Å². The SMILES string of the molecule is Cc1n[nH]c(C)c1S(=O)(=O)N1CCC(C)(C(N)=S)CC1. The van der Waals surface area contributed by atoms with Gasteiger partial charge in [-0.1, -0.05) is 19.1 Å². The Morgan fingerprint density at radius 2 is 1.95 bits per heavy atom. The van der Waals surface area contributed by atoms with Crippen LogP contribution in [-0.4, -0.2) is 41.0 Å². The van der Waals surface area contributed by atoms with E-state index in [-0.39, 0.29) is 10.3 Å². The summed E-state index contributed by atoms with van der Waals surface area (Å²) in [6.45, 7) is 6.27. The Morgan fingerprint density at radius 1 is 1.40 bits per heavy atom. The molecule has 2 rings (SSSR count). The second-order valence-electron chi connectivity index (χ2n) is 5.59. The minimum atomic E-state index is -3.50. The molecule has 2 heterocycles. The molecule has 1 aliphatic heterocycles. The van der Waals surface area contributed by atoms with Crippen molar-refractivity contribution in [2.75, 3.05) is 13.1 Å². The Kier molecular flexibility index (Phi) is 3.92. The standard InChI is InChI=1S/C12H20N4O2S2/c1-8-10(9(2)15-14-8)20(17,18)16-6-4-12(3,5-7-16)11(13)19/h4-7H2,1-3H3,(H2,13,19)(H,14,15). The van der Waals surface area contributed by atoms with Crippen molar-refractivity contribution in [2.24, 2.45) is 11.1 Å². The lowest BCUT2D eigenvalue weighted by Crippen LogP contribution is -2.46. The third-order valence-electron chi connectivity index (χ3n) is 4.08. The average molecular weight is 316 g/mol. The van der Waals surface area contributed by atoms with Gasteiger partial charge in [0, 0.05) is 18.5 Å². The molecule has 6 nitrogen and oxygen atoms in total. The van der Waals surface area contributed by atoms with Gasteiger partial charge < -0.3 is 5.73 Å². The molecule has 1 aromatic heterocycles. The van der Waals surface area contributed by atoms with E-state index in [1.54, 1.807) is 13.8 Å². The number of hydrogen-bond acceptors (Lipinski definition) is 4. The number of aromatic amines is 1. The fourth-order valence-corrected chi connectivity index (χ4v) is 4.49. The lowest BCUT2D eigenvalue weighted by molar-refractivity contribution is 0.244. The van der Waals surface area contributed by atoms with Gasteiger partial charge in [-0.15, -0.1) is 0 Å². The van der Waals surface area contributed by atoms with Crippen molar-refractivity contribution in [3.8, 4) is 0 Å². The molecule has 3 N–H and O–H groups in total. The first-order chi connectivity index (χ1) is 9.18. The van der Waals surface area contributed by atoms with Crippen LogP contribution in [-0.2, 0) is 10.0 Å². The summed E-state index contributed by atoms with van der Waals surface area (Å²) in [6, 6.07) is 0. The largest absolute Gasteiger partial charge is 0.393 e. The van der Waals surface area contributed by atoms with Crippen LogP contribution < -0.4 is 5.73 Å². The topological polar surface area (TPSA) is 92.1 Å². The van der Waals surface area contributed by atoms with Gasteiger partial charge in [0.2, 0.25) is 10.0 Å². The van der Waals surface area contributed by atoms with Crippen LogP contribution in [0.3, 0.4) is 0 Å². The van der Waals surface area contributed by atoms with E-state index in [2.05, 4.69) is 10.2 Å². The number of rotatable bonds is 3. The summed E-state index contributed by atoms with van der Waals surface area (Å²) < 4.78 is 26.8. The third kappa shape index (κ3) is 2.47. The van der Waals surface area contributed by atoms with Crippen LogP contribution in [0.15, 0.2) is 4.90 Å². The van der Waals surface area contributed by atoms with E-state index in [0.29, 0.717) is 42.3 Å². The highest BCUT2D eigenvalue weighted by Crippen LogP contribution is 2.34. The van der Waals surface area contributed by atoms with Gasteiger partial charge in [-0.3, -0.25) is 5.10 Å². The smallest absolute Gasteiger partial charge is 0.246 e. The zero-order chi connectivity index (χ0) is 15.1. The van der Waals surface area contributed by atoms with Gasteiger partial charge in [-0.25, -0.2) is 8.42 Å². The fraction of sp³-hybridized carbons (Fsp3) is 0.667. The molecule has 0 unspecified atom stereocenters. The number of H-pyrrole nitrogens is 1. The van der Waals surface area contributed by atoms with Crippen LogP contribution in [0.5, 0.6) is 0 Å². The Morgan fingerprint density at radius 3 is 2.35 bits per heavy atom. The number of aromatic nitrogens is 2. The minimum absolute atomic E-state index is 0.248. The maximum absolute atomic E-state index is 12.7. The summed E-state index contributed by atoms with van der Waals surface area (Å²) >= 11 is 5.08. The van der Waals surface area contributed by atoms with E-state index in [0.717, 1.165) is 0 Å². The molecule has 0 amide bonds. The molecular weight excluding hydrogens is 296 g/mol. The van der Waals surface area contributed by atoms with E-state index in [9.17, 15) is 8.42 Å². The quantitative estimate of drug-likeness (QED) is 0.815. The van der Waals surface area contributed by atoms with Crippen molar-refractivity contribution in [3.63, 3.8) is 0 Å². The molecule has 1 aliphatic rings. The lowest BCUT2D eigenvalue weighted by Gasteiger charge is -2.37. The van der Waals surface area contributed by atoms with Crippen molar-refractivity contribution in [1.29, 1.82) is 0 Å². The molecule has 0 spiro atoms. The highest BCUT2D eigenvalue weighted by molar-refractivity contribution is 7.89. The Bertz CT molecular complexity index is 608. The van der Waals surface area contributed by atoms with Crippen molar-refractivity contribution in [1.82, 2.24) is 14.5 Å². The molecular formula is C12H20N4O2S2. The first-order valence-electron chi connectivity index (χ1n) is 6.50. The number of thiocarbonyl (C=S) groups is 1. The number of nitrogens with two attached hydrogens (primary N) is 1. The van der Waals surface area contributed by atoms with Crippen LogP contribution in [0, 0.1) is 19.3 Å². The summed E-state index contributed by atoms with van der Waals surface area (Å²) in [5, 5.41) is 6.68. The van der Waals surface area contributed by atoms with E-state index >= 15 is 0 Å². The predicted molar refractivity (Wildman–Crippen MR) is 80.9 cm³/mol. The first-order valence-corrected chi connectivity index (χ1v) is 8.35. The molecule has 0 bridgehead atoms. The number of nitrogens with one attached hydrogen (secondary N) is 1. The van der Waals surface area contributed by atoms with Gasteiger partial charge in [-0.2, -0.15) is 9.40 Å². The molecule has 0 saturated carbocycles. The van der Waals surface area contributed by atoms with Crippen LogP contribution in [0.4, 0.5) is 0 Å². The summed E-state index contributed by atoms with van der Waals surface area (Å²) in [7, 11) is -3.50. The maximum Gasteiger partial charge on any atom is 0.246 e. The van der Waals surface area contributed by atoms with Crippen molar-refractivity contribution in [2.45, 2.75) is 38.5 Å². The van der Waals surface area contributed by atoms with E-state index in [1.165, 1.54) is 4.31 Å². The second kappa shape index (κ2) is 5.09. The Balaban J connectivity index is 2.25. The number of hydrogen-bond donors (Lipinski definition) is 2. The zero-order valence-electron chi connectivity index (χ0n) is 11.9. The molecule has 1 fully saturated rings. The van der Waals surface area contributed by atoms with Crippen LogP contribution >= 0.6 is 12.2 Å². The minimum Gasteiger partial charge on any atom is -0.393 e. The van der Waals surface area contributed by atoms with Crippen molar-refractivity contribution < 1.29 is 8.42 Å². The van der Waals surface area contributed by atoms with E-state index < -0.39 is 10.0 Å². The van der Waals surface area contributed by atoms with Crippen molar-refractivity contribution in [3.05, 3.63) is 11.4 Å². The van der Waals surface area contributed by atoms with Crippen LogP contribution in [0.1, 0.15) is 31.2 Å². The molecule has 0 aliphatic carbocycles. The fourth-order valence-electron chi connectivity index (χ4n) is 2.52. The molecule has 112 valence electrons. The lowest BCUT2D eigenvalue weighted by atomic mass is 9.81. The predicted octanol–water partition coefficient (Wildman–Crippen LogP) is 1.10. The Hall–Kier alpha value is -0.990. The average Bonchev–Trinajstić information content (AvgIpc) is 2.70. The van der Waals surface area contributed by atoms with Gasteiger partial charge in [0.15, 0.2) is 0 Å². The Labute approximate surface area is 124 Å². The maximum atomic E-state index is 12.7. The second-order valence-corrected chi connectivity index (χ2v) is 7.91.